The molecule has 0 aliphatic heterocycles. The lowest BCUT2D eigenvalue weighted by Crippen LogP contribution is -2.55. The van der Waals surface area contributed by atoms with Gasteiger partial charge in [0.25, 0.3) is 0 Å². The van der Waals surface area contributed by atoms with Crippen molar-refractivity contribution in [3.8, 4) is 0 Å². The smallest absolute Gasteiger partial charge is 0.373 e. The van der Waals surface area contributed by atoms with E-state index in [0.717, 1.165) is 26.7 Å². The molecule has 3 nitrogen and oxygen atoms in total. The summed E-state index contributed by atoms with van der Waals surface area (Å²) in [5, 5.41) is 7.99. The number of fused-ring (bicyclic) bond motifs is 3. The average molecular weight is 348 g/mol. The van der Waals surface area contributed by atoms with Crippen molar-refractivity contribution in [1.29, 1.82) is 0 Å². The van der Waals surface area contributed by atoms with E-state index in [4.69, 9.17) is 13.3 Å². The van der Waals surface area contributed by atoms with Crippen LogP contribution in [0.25, 0.3) is 32.3 Å². The minimum absolute atomic E-state index is 1.03. The standard InChI is InChI=1S/C21H20O3Si/c1-22-25(23-2,24-3)21-19-11-7-6-10-17(19)13-18-12-15-8-4-5-9-16(15)14-20(18)21/h4-14H,1-3H3. The normalized spacial score (nSPS) is 12.3. The third-order valence-corrected chi connectivity index (χ3v) is 7.60. The second-order valence-electron chi connectivity index (χ2n) is 6.06. The largest absolute Gasteiger partial charge is 0.537 e. The van der Waals surface area contributed by atoms with Crippen LogP contribution in [-0.2, 0) is 13.3 Å². The van der Waals surface area contributed by atoms with Gasteiger partial charge in [0, 0.05) is 26.5 Å². The van der Waals surface area contributed by atoms with E-state index >= 15 is 0 Å². The Labute approximate surface area is 148 Å². The van der Waals surface area contributed by atoms with E-state index < -0.39 is 8.80 Å². The van der Waals surface area contributed by atoms with Crippen molar-refractivity contribution in [3.05, 3.63) is 66.7 Å². The summed E-state index contributed by atoms with van der Waals surface area (Å²) in [6.45, 7) is 0. The minimum Gasteiger partial charge on any atom is -0.373 e. The van der Waals surface area contributed by atoms with Gasteiger partial charge in [0.15, 0.2) is 0 Å². The monoisotopic (exact) mass is 348 g/mol. The van der Waals surface area contributed by atoms with Crippen LogP contribution < -0.4 is 5.19 Å². The van der Waals surface area contributed by atoms with E-state index in [1.54, 1.807) is 21.3 Å². The van der Waals surface area contributed by atoms with Crippen LogP contribution in [-0.4, -0.2) is 30.1 Å². The van der Waals surface area contributed by atoms with Crippen molar-refractivity contribution in [2.24, 2.45) is 0 Å². The van der Waals surface area contributed by atoms with E-state index in [2.05, 4.69) is 60.7 Å². The van der Waals surface area contributed by atoms with Crippen LogP contribution in [0.1, 0.15) is 0 Å². The number of hydrogen-bond donors (Lipinski definition) is 0. The number of rotatable bonds is 4. The molecule has 4 heteroatoms. The summed E-state index contributed by atoms with van der Waals surface area (Å²) >= 11 is 0. The maximum absolute atomic E-state index is 5.85. The highest BCUT2D eigenvalue weighted by Crippen LogP contribution is 2.29. The fraction of sp³-hybridized carbons (Fsp3) is 0.143. The second kappa shape index (κ2) is 6.24. The molecule has 0 atom stereocenters. The van der Waals surface area contributed by atoms with Crippen molar-refractivity contribution >= 4 is 46.3 Å². The highest BCUT2D eigenvalue weighted by Gasteiger charge is 2.43. The quantitative estimate of drug-likeness (QED) is 0.408. The van der Waals surface area contributed by atoms with Crippen LogP contribution in [0, 0.1) is 0 Å². The molecule has 0 unspecified atom stereocenters. The Morgan fingerprint density at radius 1 is 0.560 bits per heavy atom. The first-order valence-electron chi connectivity index (χ1n) is 8.22. The van der Waals surface area contributed by atoms with Crippen LogP contribution in [0.15, 0.2) is 66.7 Å². The van der Waals surface area contributed by atoms with Crippen LogP contribution in [0.2, 0.25) is 0 Å². The molecular weight excluding hydrogens is 328 g/mol. The van der Waals surface area contributed by atoms with Crippen LogP contribution in [0.4, 0.5) is 0 Å². The Balaban J connectivity index is 2.23. The van der Waals surface area contributed by atoms with Gasteiger partial charge in [0.05, 0.1) is 0 Å². The van der Waals surface area contributed by atoms with Crippen molar-refractivity contribution < 1.29 is 13.3 Å². The summed E-state index contributed by atoms with van der Waals surface area (Å²) in [5.41, 5.74) is 0. The highest BCUT2D eigenvalue weighted by atomic mass is 28.4. The molecule has 4 aromatic rings. The van der Waals surface area contributed by atoms with E-state index in [1.807, 2.05) is 6.07 Å². The van der Waals surface area contributed by atoms with Gasteiger partial charge in [-0.3, -0.25) is 0 Å². The minimum atomic E-state index is -3.01. The predicted molar refractivity (Wildman–Crippen MR) is 105 cm³/mol. The van der Waals surface area contributed by atoms with Crippen molar-refractivity contribution in [1.82, 2.24) is 0 Å². The molecule has 0 N–H and O–H groups in total. The van der Waals surface area contributed by atoms with Gasteiger partial charge < -0.3 is 13.3 Å². The van der Waals surface area contributed by atoms with Crippen LogP contribution >= 0.6 is 0 Å². The van der Waals surface area contributed by atoms with Gasteiger partial charge in [-0.2, -0.15) is 0 Å². The summed E-state index contributed by atoms with van der Waals surface area (Å²) in [6, 6.07) is 23.4. The molecule has 0 amide bonds. The van der Waals surface area contributed by atoms with E-state index in [9.17, 15) is 0 Å². The Morgan fingerprint density at radius 2 is 1.08 bits per heavy atom. The fourth-order valence-electron chi connectivity index (χ4n) is 3.64. The van der Waals surface area contributed by atoms with Gasteiger partial charge in [0.1, 0.15) is 0 Å². The summed E-state index contributed by atoms with van der Waals surface area (Å²) in [5.74, 6) is 0. The van der Waals surface area contributed by atoms with Crippen molar-refractivity contribution in [2.45, 2.75) is 0 Å². The zero-order chi connectivity index (χ0) is 17.4. The SMILES string of the molecule is CO[Si](OC)(OC)c1c2ccccc2cc2cc3ccccc3cc12. The maximum atomic E-state index is 5.85. The third-order valence-electron chi connectivity index (χ3n) is 4.84. The van der Waals surface area contributed by atoms with Crippen LogP contribution in [0.3, 0.4) is 0 Å². The summed E-state index contributed by atoms with van der Waals surface area (Å²) in [7, 11) is 1.97. The molecule has 0 aliphatic carbocycles. The van der Waals surface area contributed by atoms with E-state index in [-0.39, 0.29) is 0 Å². The zero-order valence-electron chi connectivity index (χ0n) is 14.6. The van der Waals surface area contributed by atoms with Gasteiger partial charge >= 0.3 is 8.80 Å². The number of benzene rings is 4. The first-order chi connectivity index (χ1) is 12.2. The summed E-state index contributed by atoms with van der Waals surface area (Å²) in [6.07, 6.45) is 0. The van der Waals surface area contributed by atoms with Gasteiger partial charge in [-0.25, -0.2) is 0 Å². The summed E-state index contributed by atoms with van der Waals surface area (Å²) in [4.78, 5) is 0. The highest BCUT2D eigenvalue weighted by molar-refractivity contribution is 6.80. The van der Waals surface area contributed by atoms with Gasteiger partial charge in [-0.15, -0.1) is 0 Å². The molecule has 0 bridgehead atoms. The van der Waals surface area contributed by atoms with E-state index in [1.165, 1.54) is 10.8 Å². The Morgan fingerprint density at radius 3 is 1.72 bits per heavy atom. The molecule has 0 saturated heterocycles. The number of hydrogen-bond acceptors (Lipinski definition) is 3. The molecule has 0 radical (unpaired) electrons. The van der Waals surface area contributed by atoms with E-state index in [0.29, 0.717) is 0 Å². The Bertz CT molecular complexity index is 1060. The third kappa shape index (κ3) is 2.46. The van der Waals surface area contributed by atoms with Gasteiger partial charge in [-0.1, -0.05) is 48.5 Å². The molecule has 0 aromatic heterocycles. The molecule has 4 rings (SSSR count). The molecule has 0 fully saturated rings. The molecule has 126 valence electrons. The molecule has 0 saturated carbocycles. The van der Waals surface area contributed by atoms with Crippen molar-refractivity contribution in [3.63, 3.8) is 0 Å². The molecule has 25 heavy (non-hydrogen) atoms. The molecule has 0 spiro atoms. The Kier molecular flexibility index (Phi) is 4.05. The zero-order valence-corrected chi connectivity index (χ0v) is 15.6. The lowest BCUT2D eigenvalue weighted by atomic mass is 9.99. The molecular formula is C21H20O3Si. The first-order valence-corrected chi connectivity index (χ1v) is 9.95. The maximum Gasteiger partial charge on any atom is 0.537 e. The molecule has 0 aliphatic rings. The fourth-order valence-corrected chi connectivity index (χ4v) is 5.86. The van der Waals surface area contributed by atoms with Crippen molar-refractivity contribution in [2.75, 3.05) is 21.3 Å². The average Bonchev–Trinajstić information content (AvgIpc) is 2.67. The molecule has 4 aromatic carbocycles. The summed E-state index contributed by atoms with van der Waals surface area (Å²) < 4.78 is 17.5. The lowest BCUT2D eigenvalue weighted by molar-refractivity contribution is 0.141. The lowest BCUT2D eigenvalue weighted by Gasteiger charge is -2.27. The first kappa shape index (κ1) is 16.2. The van der Waals surface area contributed by atoms with Crippen LogP contribution in [0.5, 0.6) is 0 Å². The topological polar surface area (TPSA) is 27.7 Å². The second-order valence-corrected chi connectivity index (χ2v) is 8.90. The van der Waals surface area contributed by atoms with Gasteiger partial charge in [-0.05, 0) is 50.5 Å². The molecule has 0 heterocycles. The predicted octanol–water partition coefficient (Wildman–Crippen LogP) is 4.23. The van der Waals surface area contributed by atoms with Gasteiger partial charge in [0.2, 0.25) is 0 Å². The Hall–Kier alpha value is -2.24.